The van der Waals surface area contributed by atoms with Crippen LogP contribution in [0, 0.1) is 17.0 Å². The van der Waals surface area contributed by atoms with E-state index < -0.39 is 10.6 Å². The molecule has 0 atom stereocenters. The number of aromatic hydroxyl groups is 2. The Morgan fingerprint density at radius 3 is 1.69 bits per heavy atom. The second-order valence-electron chi connectivity index (χ2n) is 5.36. The number of aryl methyl sites for hydroxylation is 1. The number of benzene rings is 2. The van der Waals surface area contributed by atoms with Gasteiger partial charge in [-0.25, -0.2) is 9.97 Å². The molecule has 26 heavy (non-hydrogen) atoms. The largest absolute Gasteiger partial charge is 0.506 e. The summed E-state index contributed by atoms with van der Waals surface area (Å²) in [4.78, 5) is 19.1. The number of nitrogens with zero attached hydrogens (tertiary/aromatic N) is 3. The van der Waals surface area contributed by atoms with Gasteiger partial charge in [0.15, 0.2) is 0 Å². The molecule has 0 amide bonds. The van der Waals surface area contributed by atoms with Crippen LogP contribution in [0.25, 0.3) is 0 Å². The van der Waals surface area contributed by atoms with Crippen LogP contribution in [-0.2, 0) is 0 Å². The van der Waals surface area contributed by atoms with Crippen LogP contribution in [0.15, 0.2) is 48.5 Å². The number of nitrogens with one attached hydrogen (secondary N) is 2. The maximum Gasteiger partial charge on any atom is 0.353 e. The van der Waals surface area contributed by atoms with Crippen molar-refractivity contribution in [3.05, 3.63) is 64.5 Å². The third-order valence-electron chi connectivity index (χ3n) is 3.49. The van der Waals surface area contributed by atoms with E-state index >= 15 is 0 Å². The lowest BCUT2D eigenvalue weighted by Gasteiger charge is -2.12. The molecule has 0 saturated heterocycles. The fourth-order valence-corrected chi connectivity index (χ4v) is 2.33. The molecule has 3 rings (SSSR count). The number of nitro groups is 1. The molecule has 132 valence electrons. The number of aromatic nitrogens is 2. The predicted molar refractivity (Wildman–Crippen MR) is 96.2 cm³/mol. The summed E-state index contributed by atoms with van der Waals surface area (Å²) < 4.78 is 0. The van der Waals surface area contributed by atoms with Gasteiger partial charge >= 0.3 is 5.69 Å². The van der Waals surface area contributed by atoms with E-state index in [0.717, 1.165) is 0 Å². The summed E-state index contributed by atoms with van der Waals surface area (Å²) >= 11 is 0. The van der Waals surface area contributed by atoms with Crippen molar-refractivity contribution in [3.63, 3.8) is 0 Å². The van der Waals surface area contributed by atoms with Gasteiger partial charge in [0.1, 0.15) is 17.3 Å². The number of rotatable bonds is 5. The summed E-state index contributed by atoms with van der Waals surface area (Å²) in [6.07, 6.45) is 0. The first-order chi connectivity index (χ1) is 12.5. The molecule has 0 aliphatic carbocycles. The Morgan fingerprint density at radius 2 is 1.31 bits per heavy atom. The first kappa shape index (κ1) is 17.0. The first-order valence-electron chi connectivity index (χ1n) is 7.59. The van der Waals surface area contributed by atoms with Crippen LogP contribution < -0.4 is 10.6 Å². The maximum absolute atomic E-state index is 11.6. The van der Waals surface area contributed by atoms with Gasteiger partial charge in [-0.2, -0.15) is 0 Å². The smallest absolute Gasteiger partial charge is 0.353 e. The van der Waals surface area contributed by atoms with Gasteiger partial charge in [-0.3, -0.25) is 10.1 Å². The van der Waals surface area contributed by atoms with Gasteiger partial charge in [0.2, 0.25) is 11.6 Å². The Balaban J connectivity index is 2.08. The van der Waals surface area contributed by atoms with Crippen molar-refractivity contribution in [1.82, 2.24) is 9.97 Å². The fraction of sp³-hybridized carbons (Fsp3) is 0.0588. The SMILES string of the molecule is Cc1nc(Nc2ccccc2O)c([N+](=O)[O-])c(Nc2ccccc2O)n1. The van der Waals surface area contributed by atoms with E-state index in [-0.39, 0.29) is 40.3 Å². The molecular formula is C17H15N5O4. The normalized spacial score (nSPS) is 10.3. The van der Waals surface area contributed by atoms with Crippen LogP contribution in [0.5, 0.6) is 11.5 Å². The Bertz CT molecular complexity index is 908. The number of hydrogen-bond donors (Lipinski definition) is 4. The number of para-hydroxylation sites is 4. The Kier molecular flexibility index (Phi) is 4.52. The molecule has 0 aliphatic heterocycles. The number of hydrogen-bond acceptors (Lipinski definition) is 8. The highest BCUT2D eigenvalue weighted by atomic mass is 16.6. The quantitative estimate of drug-likeness (QED) is 0.311. The van der Waals surface area contributed by atoms with Crippen LogP contribution in [0.4, 0.5) is 28.7 Å². The van der Waals surface area contributed by atoms with E-state index in [2.05, 4.69) is 20.6 Å². The Labute approximate surface area is 148 Å². The zero-order chi connectivity index (χ0) is 18.7. The zero-order valence-electron chi connectivity index (χ0n) is 13.7. The molecule has 1 aromatic heterocycles. The summed E-state index contributed by atoms with van der Waals surface area (Å²) in [5, 5.41) is 36.9. The van der Waals surface area contributed by atoms with Gasteiger partial charge in [0.25, 0.3) is 0 Å². The molecule has 0 spiro atoms. The molecule has 3 aromatic rings. The van der Waals surface area contributed by atoms with Crippen LogP contribution >= 0.6 is 0 Å². The van der Waals surface area contributed by atoms with Crippen molar-refractivity contribution in [2.45, 2.75) is 6.92 Å². The molecule has 9 heteroatoms. The van der Waals surface area contributed by atoms with Crippen molar-refractivity contribution in [2.75, 3.05) is 10.6 Å². The molecule has 9 nitrogen and oxygen atoms in total. The number of phenolic OH excluding ortho intramolecular Hbond substituents is 2. The minimum atomic E-state index is -0.635. The Morgan fingerprint density at radius 1 is 0.885 bits per heavy atom. The van der Waals surface area contributed by atoms with Gasteiger partial charge < -0.3 is 20.8 Å². The average Bonchev–Trinajstić information content (AvgIpc) is 2.58. The fourth-order valence-electron chi connectivity index (χ4n) is 2.33. The highest BCUT2D eigenvalue weighted by Gasteiger charge is 2.25. The second-order valence-corrected chi connectivity index (χ2v) is 5.36. The lowest BCUT2D eigenvalue weighted by Crippen LogP contribution is -2.07. The van der Waals surface area contributed by atoms with Gasteiger partial charge in [0.05, 0.1) is 16.3 Å². The predicted octanol–water partition coefficient (Wildman–Crippen LogP) is 3.59. The second kappa shape index (κ2) is 6.93. The number of phenols is 2. The van der Waals surface area contributed by atoms with Crippen LogP contribution in [0.1, 0.15) is 5.82 Å². The van der Waals surface area contributed by atoms with Crippen LogP contribution in [0.2, 0.25) is 0 Å². The molecule has 0 aliphatic rings. The molecule has 2 aromatic carbocycles. The number of anilines is 4. The molecule has 0 fully saturated rings. The maximum atomic E-state index is 11.6. The van der Waals surface area contributed by atoms with Gasteiger partial charge in [-0.1, -0.05) is 24.3 Å². The van der Waals surface area contributed by atoms with Gasteiger partial charge in [-0.15, -0.1) is 0 Å². The third-order valence-corrected chi connectivity index (χ3v) is 3.49. The molecular weight excluding hydrogens is 338 g/mol. The first-order valence-corrected chi connectivity index (χ1v) is 7.59. The Hall–Kier alpha value is -3.88. The van der Waals surface area contributed by atoms with Crippen molar-refractivity contribution >= 4 is 28.7 Å². The summed E-state index contributed by atoms with van der Waals surface area (Å²) in [6.45, 7) is 1.58. The van der Waals surface area contributed by atoms with E-state index in [4.69, 9.17) is 0 Å². The highest BCUT2D eigenvalue weighted by molar-refractivity contribution is 5.79. The zero-order valence-corrected chi connectivity index (χ0v) is 13.7. The summed E-state index contributed by atoms with van der Waals surface area (Å²) in [5.74, 6) is -0.0446. The van der Waals surface area contributed by atoms with E-state index in [1.165, 1.54) is 12.1 Å². The summed E-state index contributed by atoms with van der Waals surface area (Å²) in [7, 11) is 0. The molecule has 0 unspecified atom stereocenters. The van der Waals surface area contributed by atoms with E-state index in [9.17, 15) is 20.3 Å². The van der Waals surface area contributed by atoms with Gasteiger partial charge in [-0.05, 0) is 31.2 Å². The molecule has 1 heterocycles. The average molecular weight is 353 g/mol. The topological polar surface area (TPSA) is 133 Å². The standard InChI is InChI=1S/C17H15N5O4/c1-10-18-16(20-11-6-2-4-8-13(11)23)15(22(25)26)17(19-10)21-12-7-3-5-9-14(12)24/h2-9,23-24H,1H3,(H2,18,19,20,21). The lowest BCUT2D eigenvalue weighted by molar-refractivity contribution is -0.383. The van der Waals surface area contributed by atoms with E-state index in [1.54, 1.807) is 43.3 Å². The minimum absolute atomic E-state index is 0.0757. The lowest BCUT2D eigenvalue weighted by atomic mass is 10.2. The van der Waals surface area contributed by atoms with Crippen molar-refractivity contribution < 1.29 is 15.1 Å². The third kappa shape index (κ3) is 3.46. The van der Waals surface area contributed by atoms with Crippen molar-refractivity contribution in [2.24, 2.45) is 0 Å². The van der Waals surface area contributed by atoms with Crippen molar-refractivity contribution in [3.8, 4) is 11.5 Å². The molecule has 0 radical (unpaired) electrons. The van der Waals surface area contributed by atoms with E-state index in [1.807, 2.05) is 0 Å². The summed E-state index contributed by atoms with van der Waals surface area (Å²) in [5.41, 5.74) is 0.117. The molecule has 4 N–H and O–H groups in total. The summed E-state index contributed by atoms with van der Waals surface area (Å²) in [6, 6.07) is 12.6. The van der Waals surface area contributed by atoms with Crippen LogP contribution in [-0.4, -0.2) is 25.1 Å². The van der Waals surface area contributed by atoms with E-state index in [0.29, 0.717) is 0 Å². The van der Waals surface area contributed by atoms with Crippen molar-refractivity contribution in [1.29, 1.82) is 0 Å². The molecule has 0 saturated carbocycles. The monoisotopic (exact) mass is 353 g/mol. The van der Waals surface area contributed by atoms with Crippen LogP contribution in [0.3, 0.4) is 0 Å². The highest BCUT2D eigenvalue weighted by Crippen LogP contribution is 2.37. The molecule has 0 bridgehead atoms. The minimum Gasteiger partial charge on any atom is -0.506 e. The van der Waals surface area contributed by atoms with Gasteiger partial charge in [0, 0.05) is 0 Å².